The van der Waals surface area contributed by atoms with Gasteiger partial charge in [0.05, 0.1) is 5.56 Å². The predicted molar refractivity (Wildman–Crippen MR) is 95.4 cm³/mol. The maximum atomic E-state index is 12.9. The molecule has 0 aromatic heterocycles. The van der Waals surface area contributed by atoms with Crippen LogP contribution in [0.5, 0.6) is 0 Å². The number of carbonyl (C=O) groups is 1. The number of hydrogen-bond donors (Lipinski definition) is 0. The molecule has 0 bridgehead atoms. The fourth-order valence-corrected chi connectivity index (χ4v) is 3.19. The molecular weight excluding hydrogens is 341 g/mol. The van der Waals surface area contributed by atoms with Crippen LogP contribution in [0.15, 0.2) is 48.5 Å². The van der Waals surface area contributed by atoms with Gasteiger partial charge in [-0.05, 0) is 36.8 Å². The van der Waals surface area contributed by atoms with E-state index in [1.165, 1.54) is 12.1 Å². The third kappa shape index (κ3) is 4.43. The molecule has 0 saturated carbocycles. The summed E-state index contributed by atoms with van der Waals surface area (Å²) in [5.74, 6) is 0.0428. The van der Waals surface area contributed by atoms with E-state index in [0.29, 0.717) is 24.3 Å². The van der Waals surface area contributed by atoms with E-state index in [9.17, 15) is 18.0 Å². The molecule has 0 spiro atoms. The number of nitrogens with zero attached hydrogens (tertiary/aromatic N) is 2. The summed E-state index contributed by atoms with van der Waals surface area (Å²) in [4.78, 5) is 15.7. The molecule has 1 fully saturated rings. The first kappa shape index (κ1) is 18.5. The molecule has 2 aromatic carbocycles. The number of ketones is 1. The highest BCUT2D eigenvalue weighted by atomic mass is 19.4. The summed E-state index contributed by atoms with van der Waals surface area (Å²) in [6.45, 7) is 5.16. The van der Waals surface area contributed by atoms with Gasteiger partial charge in [-0.2, -0.15) is 13.2 Å². The molecule has 1 saturated heterocycles. The summed E-state index contributed by atoms with van der Waals surface area (Å²) in [5.41, 5.74) is 1.77. The molecule has 1 aliphatic rings. The normalized spacial score (nSPS) is 15.9. The molecule has 6 heteroatoms. The van der Waals surface area contributed by atoms with Crippen molar-refractivity contribution in [1.29, 1.82) is 0 Å². The summed E-state index contributed by atoms with van der Waals surface area (Å²) >= 11 is 0. The lowest BCUT2D eigenvalue weighted by molar-refractivity contribution is -0.137. The van der Waals surface area contributed by atoms with E-state index < -0.39 is 11.7 Å². The Labute approximate surface area is 151 Å². The highest BCUT2D eigenvalue weighted by Crippen LogP contribution is 2.31. The van der Waals surface area contributed by atoms with Crippen LogP contribution in [0.1, 0.15) is 28.4 Å². The molecule has 1 aliphatic heterocycles. The van der Waals surface area contributed by atoms with E-state index in [1.807, 2.05) is 23.1 Å². The second-order valence-corrected chi connectivity index (χ2v) is 6.57. The highest BCUT2D eigenvalue weighted by Gasteiger charge is 2.31. The van der Waals surface area contributed by atoms with Gasteiger partial charge in [0.15, 0.2) is 5.78 Å². The Hall–Kier alpha value is -2.34. The molecule has 0 amide bonds. The first-order valence-electron chi connectivity index (χ1n) is 8.57. The van der Waals surface area contributed by atoms with Crippen LogP contribution in [0.25, 0.3) is 0 Å². The zero-order valence-corrected chi connectivity index (χ0v) is 14.6. The van der Waals surface area contributed by atoms with Crippen LogP contribution in [0.4, 0.5) is 18.9 Å². The Kier molecular flexibility index (Phi) is 5.32. The Morgan fingerprint density at radius 2 is 1.69 bits per heavy atom. The average molecular weight is 362 g/mol. The maximum absolute atomic E-state index is 12.9. The van der Waals surface area contributed by atoms with Gasteiger partial charge in [-0.3, -0.25) is 9.69 Å². The largest absolute Gasteiger partial charge is 0.416 e. The van der Waals surface area contributed by atoms with E-state index in [-0.39, 0.29) is 5.78 Å². The Morgan fingerprint density at radius 1 is 1.00 bits per heavy atom. The van der Waals surface area contributed by atoms with E-state index in [4.69, 9.17) is 0 Å². The lowest BCUT2D eigenvalue weighted by Gasteiger charge is -2.36. The van der Waals surface area contributed by atoms with Crippen LogP contribution in [-0.2, 0) is 12.7 Å². The molecule has 0 unspecified atom stereocenters. The van der Waals surface area contributed by atoms with Crippen molar-refractivity contribution < 1.29 is 18.0 Å². The van der Waals surface area contributed by atoms with E-state index in [2.05, 4.69) is 4.90 Å². The van der Waals surface area contributed by atoms with Crippen LogP contribution < -0.4 is 4.90 Å². The Morgan fingerprint density at radius 3 is 2.35 bits per heavy atom. The Bertz CT molecular complexity index is 781. The third-order valence-electron chi connectivity index (χ3n) is 4.65. The van der Waals surface area contributed by atoms with Gasteiger partial charge in [0, 0.05) is 44.0 Å². The number of halogens is 3. The summed E-state index contributed by atoms with van der Waals surface area (Å²) in [7, 11) is 0. The second kappa shape index (κ2) is 7.50. The lowest BCUT2D eigenvalue weighted by Crippen LogP contribution is -2.46. The van der Waals surface area contributed by atoms with E-state index >= 15 is 0 Å². The van der Waals surface area contributed by atoms with Crippen molar-refractivity contribution in [3.8, 4) is 0 Å². The van der Waals surface area contributed by atoms with Crippen molar-refractivity contribution in [2.45, 2.75) is 19.6 Å². The SMILES string of the molecule is CC(=O)c1cccc(CN2CCN(c3cccc(C(F)(F)F)c3)CC2)c1. The molecule has 26 heavy (non-hydrogen) atoms. The Balaban J connectivity index is 1.61. The quantitative estimate of drug-likeness (QED) is 0.761. The zero-order valence-electron chi connectivity index (χ0n) is 14.6. The number of Topliss-reactive ketones (excluding diaryl/α,β-unsaturated/α-hetero) is 1. The maximum Gasteiger partial charge on any atom is 0.416 e. The minimum absolute atomic E-state index is 0.0428. The average Bonchev–Trinajstić information content (AvgIpc) is 2.62. The lowest BCUT2D eigenvalue weighted by atomic mass is 10.1. The van der Waals surface area contributed by atoms with Crippen molar-refractivity contribution >= 4 is 11.5 Å². The van der Waals surface area contributed by atoms with Crippen LogP contribution in [-0.4, -0.2) is 36.9 Å². The number of rotatable bonds is 4. The van der Waals surface area contributed by atoms with Crippen molar-refractivity contribution in [1.82, 2.24) is 4.90 Å². The molecule has 2 aromatic rings. The van der Waals surface area contributed by atoms with E-state index in [0.717, 1.165) is 31.3 Å². The minimum atomic E-state index is -4.32. The number of alkyl halides is 3. The van der Waals surface area contributed by atoms with Gasteiger partial charge in [-0.15, -0.1) is 0 Å². The first-order valence-corrected chi connectivity index (χ1v) is 8.57. The van der Waals surface area contributed by atoms with Gasteiger partial charge < -0.3 is 4.90 Å². The van der Waals surface area contributed by atoms with Gasteiger partial charge in [0.25, 0.3) is 0 Å². The molecule has 0 N–H and O–H groups in total. The van der Waals surface area contributed by atoms with Crippen molar-refractivity contribution in [2.24, 2.45) is 0 Å². The van der Waals surface area contributed by atoms with Crippen LogP contribution in [0.2, 0.25) is 0 Å². The van der Waals surface area contributed by atoms with Gasteiger partial charge in [0.2, 0.25) is 0 Å². The third-order valence-corrected chi connectivity index (χ3v) is 4.65. The number of benzene rings is 2. The van der Waals surface area contributed by atoms with Crippen molar-refractivity contribution in [3.63, 3.8) is 0 Å². The molecule has 3 nitrogen and oxygen atoms in total. The number of piperazine rings is 1. The fourth-order valence-electron chi connectivity index (χ4n) is 3.19. The van der Waals surface area contributed by atoms with Crippen molar-refractivity contribution in [2.75, 3.05) is 31.1 Å². The smallest absolute Gasteiger partial charge is 0.369 e. The second-order valence-electron chi connectivity index (χ2n) is 6.57. The summed E-state index contributed by atoms with van der Waals surface area (Å²) < 4.78 is 38.6. The summed E-state index contributed by atoms with van der Waals surface area (Å²) in [6, 6.07) is 13.1. The molecule has 3 rings (SSSR count). The van der Waals surface area contributed by atoms with Gasteiger partial charge in [0.1, 0.15) is 0 Å². The number of hydrogen-bond acceptors (Lipinski definition) is 3. The van der Waals surface area contributed by atoms with Crippen LogP contribution in [0.3, 0.4) is 0 Å². The molecule has 0 radical (unpaired) electrons. The molecule has 0 atom stereocenters. The van der Waals surface area contributed by atoms with Gasteiger partial charge in [-0.1, -0.05) is 24.3 Å². The minimum Gasteiger partial charge on any atom is -0.369 e. The fraction of sp³-hybridized carbons (Fsp3) is 0.350. The standard InChI is InChI=1S/C20H21F3N2O/c1-15(26)17-5-2-4-16(12-17)14-24-8-10-25(11-9-24)19-7-3-6-18(13-19)20(21,22)23/h2-7,12-13H,8-11,14H2,1H3. The highest BCUT2D eigenvalue weighted by molar-refractivity contribution is 5.94. The zero-order chi connectivity index (χ0) is 18.7. The monoisotopic (exact) mass is 362 g/mol. The first-order chi connectivity index (χ1) is 12.3. The molecule has 1 heterocycles. The number of anilines is 1. The van der Waals surface area contributed by atoms with Gasteiger partial charge in [-0.25, -0.2) is 0 Å². The molecule has 0 aliphatic carbocycles. The predicted octanol–water partition coefficient (Wildman–Crippen LogP) is 4.23. The van der Waals surface area contributed by atoms with E-state index in [1.54, 1.807) is 19.1 Å². The molecular formula is C20H21F3N2O. The summed E-state index contributed by atoms with van der Waals surface area (Å²) in [6.07, 6.45) is -4.32. The molecule has 138 valence electrons. The number of carbonyl (C=O) groups excluding carboxylic acids is 1. The summed E-state index contributed by atoms with van der Waals surface area (Å²) in [5, 5.41) is 0. The van der Waals surface area contributed by atoms with Crippen LogP contribution in [0, 0.1) is 0 Å². The van der Waals surface area contributed by atoms with Crippen LogP contribution >= 0.6 is 0 Å². The van der Waals surface area contributed by atoms with Gasteiger partial charge >= 0.3 is 6.18 Å². The topological polar surface area (TPSA) is 23.6 Å². The van der Waals surface area contributed by atoms with Crippen molar-refractivity contribution in [3.05, 3.63) is 65.2 Å².